The zero-order chi connectivity index (χ0) is 17.2. The molecule has 7 nitrogen and oxygen atoms in total. The molecule has 0 aromatic heterocycles. The molecule has 4 atom stereocenters. The topological polar surface area (TPSA) is 97.6 Å². The Bertz CT molecular complexity index is 802. The van der Waals surface area contributed by atoms with E-state index in [0.29, 0.717) is 18.4 Å². The van der Waals surface area contributed by atoms with E-state index in [2.05, 4.69) is 0 Å². The van der Waals surface area contributed by atoms with Gasteiger partial charge in [-0.05, 0) is 31.7 Å². The van der Waals surface area contributed by atoms with Crippen molar-refractivity contribution in [3.05, 3.63) is 33.9 Å². The van der Waals surface area contributed by atoms with E-state index in [-0.39, 0.29) is 40.8 Å². The molecule has 4 aliphatic rings. The zero-order valence-corrected chi connectivity index (χ0v) is 13.1. The van der Waals surface area contributed by atoms with Crippen LogP contribution in [0, 0.1) is 40.7 Å². The molecule has 2 bridgehead atoms. The third-order valence-corrected chi connectivity index (χ3v) is 5.71. The van der Waals surface area contributed by atoms with Crippen molar-refractivity contribution in [3.8, 4) is 0 Å². The Kier molecular flexibility index (Phi) is 3.10. The van der Waals surface area contributed by atoms with Gasteiger partial charge in [0.15, 0.2) is 0 Å². The standard InChI is InChI=1S/C17H16N2O5/c1-8-2-4-10(7-12(8)19(23)24)18-16(21)14-9-3-5-11(13(20)6-9)15(14)17(18)22/h2,4,7,9,11,14-15H,3,5-6H2,1H3/t9-,11+,14+,15-/m1/s1. The van der Waals surface area contributed by atoms with Crippen molar-refractivity contribution in [2.24, 2.45) is 23.7 Å². The molecule has 0 spiro atoms. The number of Topliss-reactive ketones (excluding diaryl/α,β-unsaturated/α-hetero) is 1. The molecule has 0 unspecified atom stereocenters. The number of fused-ring (bicyclic) bond motifs is 2. The van der Waals surface area contributed by atoms with Crippen LogP contribution in [-0.2, 0) is 14.4 Å². The number of hydrogen-bond donors (Lipinski definition) is 0. The lowest BCUT2D eigenvalue weighted by Crippen LogP contribution is -2.46. The molecule has 2 amide bonds. The minimum atomic E-state index is -0.585. The average Bonchev–Trinajstić information content (AvgIpc) is 2.81. The van der Waals surface area contributed by atoms with E-state index in [1.54, 1.807) is 13.0 Å². The minimum absolute atomic E-state index is 0.0744. The van der Waals surface area contributed by atoms with Crippen molar-refractivity contribution in [2.75, 3.05) is 4.90 Å². The molecule has 4 fully saturated rings. The van der Waals surface area contributed by atoms with E-state index >= 15 is 0 Å². The Balaban J connectivity index is 1.77. The van der Waals surface area contributed by atoms with Crippen molar-refractivity contribution >= 4 is 29.0 Å². The van der Waals surface area contributed by atoms with Crippen LogP contribution in [0.4, 0.5) is 11.4 Å². The highest BCUT2D eigenvalue weighted by Crippen LogP contribution is 2.52. The molecule has 1 saturated heterocycles. The second kappa shape index (κ2) is 4.96. The lowest BCUT2D eigenvalue weighted by atomic mass is 9.59. The Labute approximate surface area is 137 Å². The summed E-state index contributed by atoms with van der Waals surface area (Å²) >= 11 is 0. The van der Waals surface area contributed by atoms with Crippen molar-refractivity contribution in [2.45, 2.75) is 26.2 Å². The van der Waals surface area contributed by atoms with Gasteiger partial charge in [0, 0.05) is 24.0 Å². The number of rotatable bonds is 2. The zero-order valence-electron chi connectivity index (χ0n) is 13.1. The predicted octanol–water partition coefficient (Wildman–Crippen LogP) is 2.01. The van der Waals surface area contributed by atoms with Crippen molar-refractivity contribution in [1.29, 1.82) is 0 Å². The monoisotopic (exact) mass is 328 g/mol. The molecule has 5 rings (SSSR count). The first-order chi connectivity index (χ1) is 11.4. The summed E-state index contributed by atoms with van der Waals surface area (Å²) in [5.74, 6) is -2.11. The first-order valence-corrected chi connectivity index (χ1v) is 8.05. The van der Waals surface area contributed by atoms with Crippen molar-refractivity contribution in [1.82, 2.24) is 0 Å². The van der Waals surface area contributed by atoms with Crippen LogP contribution in [0.15, 0.2) is 18.2 Å². The number of hydrogen-bond acceptors (Lipinski definition) is 5. The van der Waals surface area contributed by atoms with Gasteiger partial charge in [-0.2, -0.15) is 0 Å². The first-order valence-electron chi connectivity index (χ1n) is 8.05. The summed E-state index contributed by atoms with van der Waals surface area (Å²) < 4.78 is 0. The number of nitro groups is 1. The number of amides is 2. The summed E-state index contributed by atoms with van der Waals surface area (Å²) in [7, 11) is 0. The number of nitrogens with zero attached hydrogens (tertiary/aromatic N) is 2. The van der Waals surface area contributed by atoms with E-state index in [4.69, 9.17) is 0 Å². The molecule has 7 heteroatoms. The Hall–Kier alpha value is -2.57. The van der Waals surface area contributed by atoms with Gasteiger partial charge in [-0.3, -0.25) is 24.5 Å². The fourth-order valence-electron chi connectivity index (χ4n) is 4.57. The lowest BCUT2D eigenvalue weighted by molar-refractivity contribution is -0.385. The van der Waals surface area contributed by atoms with Gasteiger partial charge in [0.05, 0.1) is 22.4 Å². The van der Waals surface area contributed by atoms with Crippen molar-refractivity contribution in [3.63, 3.8) is 0 Å². The molecule has 1 aromatic carbocycles. The second-order valence-electron chi connectivity index (χ2n) is 6.91. The number of anilines is 1. The fourth-order valence-corrected chi connectivity index (χ4v) is 4.57. The second-order valence-corrected chi connectivity index (χ2v) is 6.91. The van der Waals surface area contributed by atoms with Gasteiger partial charge in [0.1, 0.15) is 5.78 Å². The number of carbonyl (C=O) groups is 3. The van der Waals surface area contributed by atoms with Crippen LogP contribution in [0.2, 0.25) is 0 Å². The van der Waals surface area contributed by atoms with Crippen LogP contribution in [0.1, 0.15) is 24.8 Å². The highest BCUT2D eigenvalue weighted by Gasteiger charge is 2.61. The molecule has 1 aromatic rings. The summed E-state index contributed by atoms with van der Waals surface area (Å²) in [4.78, 5) is 49.5. The highest BCUT2D eigenvalue weighted by molar-refractivity contribution is 6.23. The predicted molar refractivity (Wildman–Crippen MR) is 83.1 cm³/mol. The Morgan fingerprint density at radius 3 is 2.50 bits per heavy atom. The van der Waals surface area contributed by atoms with E-state index < -0.39 is 16.8 Å². The number of benzene rings is 1. The highest BCUT2D eigenvalue weighted by atomic mass is 16.6. The van der Waals surface area contributed by atoms with Crippen LogP contribution >= 0.6 is 0 Å². The summed E-state index contributed by atoms with van der Waals surface area (Å²) in [5, 5.41) is 11.1. The maximum atomic E-state index is 12.8. The molecular formula is C17H16N2O5. The minimum Gasteiger partial charge on any atom is -0.299 e. The van der Waals surface area contributed by atoms with Gasteiger partial charge in [0.2, 0.25) is 11.8 Å². The van der Waals surface area contributed by atoms with Gasteiger partial charge >= 0.3 is 0 Å². The molecule has 1 aliphatic heterocycles. The van der Waals surface area contributed by atoms with Crippen LogP contribution in [0.5, 0.6) is 0 Å². The Morgan fingerprint density at radius 2 is 1.83 bits per heavy atom. The molecule has 1 heterocycles. The van der Waals surface area contributed by atoms with Crippen LogP contribution in [0.3, 0.4) is 0 Å². The third kappa shape index (κ3) is 1.87. The van der Waals surface area contributed by atoms with Crippen LogP contribution in [0.25, 0.3) is 0 Å². The van der Waals surface area contributed by atoms with Crippen LogP contribution < -0.4 is 4.90 Å². The largest absolute Gasteiger partial charge is 0.299 e. The van der Waals surface area contributed by atoms with Gasteiger partial charge in [-0.1, -0.05) is 6.07 Å². The summed E-state index contributed by atoms with van der Waals surface area (Å²) in [6.07, 6.45) is 1.82. The lowest BCUT2D eigenvalue weighted by Gasteiger charge is -2.41. The first kappa shape index (κ1) is 15.0. The van der Waals surface area contributed by atoms with E-state index in [9.17, 15) is 24.5 Å². The summed E-state index contributed by atoms with van der Waals surface area (Å²) in [6.45, 7) is 1.61. The average molecular weight is 328 g/mol. The summed E-state index contributed by atoms with van der Waals surface area (Å²) in [5.41, 5.74) is 0.570. The Morgan fingerprint density at radius 1 is 1.12 bits per heavy atom. The molecule has 3 saturated carbocycles. The molecule has 124 valence electrons. The number of imide groups is 1. The maximum absolute atomic E-state index is 12.8. The smallest absolute Gasteiger partial charge is 0.274 e. The number of nitro benzene ring substituents is 1. The molecule has 0 N–H and O–H groups in total. The molecule has 24 heavy (non-hydrogen) atoms. The van der Waals surface area contributed by atoms with Gasteiger partial charge in [0.25, 0.3) is 5.69 Å². The van der Waals surface area contributed by atoms with Crippen LogP contribution in [-0.4, -0.2) is 22.5 Å². The number of carbonyl (C=O) groups excluding carboxylic acids is 3. The quantitative estimate of drug-likeness (QED) is 0.470. The normalized spacial score (nSPS) is 31.5. The molecule has 3 aliphatic carbocycles. The van der Waals surface area contributed by atoms with Crippen molar-refractivity contribution < 1.29 is 19.3 Å². The fraction of sp³-hybridized carbons (Fsp3) is 0.471. The van der Waals surface area contributed by atoms with Gasteiger partial charge in [-0.15, -0.1) is 0 Å². The SMILES string of the molecule is Cc1ccc(N2C(=O)[C@H]3[C@@H]4CC[C@@H](C(=O)C4)[C@H]3C2=O)cc1[N+](=O)[O-]. The molecule has 0 radical (unpaired) electrons. The summed E-state index contributed by atoms with van der Waals surface area (Å²) in [6, 6.07) is 4.36. The maximum Gasteiger partial charge on any atom is 0.274 e. The van der Waals surface area contributed by atoms with E-state index in [1.807, 2.05) is 0 Å². The van der Waals surface area contributed by atoms with Gasteiger partial charge in [-0.25, -0.2) is 4.90 Å². The van der Waals surface area contributed by atoms with Gasteiger partial charge < -0.3 is 0 Å². The van der Waals surface area contributed by atoms with E-state index in [1.165, 1.54) is 12.1 Å². The third-order valence-electron chi connectivity index (χ3n) is 5.71. The van der Waals surface area contributed by atoms with E-state index in [0.717, 1.165) is 11.3 Å². The number of aryl methyl sites for hydroxylation is 1. The molecular weight excluding hydrogens is 312 g/mol. The number of ketones is 1.